The fourth-order valence-corrected chi connectivity index (χ4v) is 6.15. The molecule has 1 heterocycles. The second-order valence-electron chi connectivity index (χ2n) is 9.14. The van der Waals surface area contributed by atoms with Gasteiger partial charge in [0.25, 0.3) is 5.91 Å². The molecule has 1 aliphatic heterocycles. The number of sulfone groups is 1. The van der Waals surface area contributed by atoms with Crippen LogP contribution in [0.4, 0.5) is 0 Å². The van der Waals surface area contributed by atoms with Gasteiger partial charge in [-0.1, -0.05) is 68.2 Å². The van der Waals surface area contributed by atoms with Crippen molar-refractivity contribution in [1.29, 1.82) is 0 Å². The van der Waals surface area contributed by atoms with Crippen LogP contribution in [0.15, 0.2) is 36.4 Å². The van der Waals surface area contributed by atoms with Gasteiger partial charge in [-0.25, -0.2) is 8.42 Å². The van der Waals surface area contributed by atoms with E-state index in [4.69, 9.17) is 27.9 Å². The topological polar surface area (TPSA) is 63.7 Å². The van der Waals surface area contributed by atoms with E-state index in [-0.39, 0.29) is 32.9 Å². The minimum atomic E-state index is -3.17. The lowest BCUT2D eigenvalue weighted by Crippen LogP contribution is -2.40. The van der Waals surface area contributed by atoms with Crippen LogP contribution in [0.25, 0.3) is 0 Å². The van der Waals surface area contributed by atoms with Crippen LogP contribution >= 0.6 is 23.2 Å². The van der Waals surface area contributed by atoms with Gasteiger partial charge in [0.05, 0.1) is 28.2 Å². The average Bonchev–Trinajstić information content (AvgIpc) is 3.07. The van der Waals surface area contributed by atoms with Gasteiger partial charge in [0.2, 0.25) is 0 Å². The summed E-state index contributed by atoms with van der Waals surface area (Å²) in [6.45, 7) is 8.93. The molecule has 32 heavy (non-hydrogen) atoms. The largest absolute Gasteiger partial charge is 0.491 e. The number of nitrogens with zero attached hydrogens (tertiary/aromatic N) is 1. The Balaban J connectivity index is 1.94. The van der Waals surface area contributed by atoms with E-state index in [1.165, 1.54) is 17.7 Å². The minimum absolute atomic E-state index is 0.0172. The molecule has 2 aromatic rings. The molecule has 0 aromatic heterocycles. The van der Waals surface area contributed by atoms with Crippen molar-refractivity contribution in [3.63, 3.8) is 0 Å². The fourth-order valence-electron chi connectivity index (χ4n) is 3.83. The summed E-state index contributed by atoms with van der Waals surface area (Å²) < 4.78 is 29.7. The normalized spacial score (nSPS) is 17.9. The molecule has 5 nitrogen and oxygen atoms in total. The predicted molar refractivity (Wildman–Crippen MR) is 130 cm³/mol. The first-order valence-electron chi connectivity index (χ1n) is 10.6. The number of amides is 1. The lowest BCUT2D eigenvalue weighted by Gasteiger charge is -2.29. The summed E-state index contributed by atoms with van der Waals surface area (Å²) in [5, 5.41) is 0.493. The lowest BCUT2D eigenvalue weighted by molar-refractivity contribution is 0.0681. The highest BCUT2D eigenvalue weighted by Gasteiger charge is 2.35. The zero-order valence-corrected chi connectivity index (χ0v) is 21.1. The van der Waals surface area contributed by atoms with Crippen LogP contribution in [0.3, 0.4) is 0 Å². The Bertz CT molecular complexity index is 1070. The number of rotatable bonds is 6. The highest BCUT2D eigenvalue weighted by molar-refractivity contribution is 7.91. The van der Waals surface area contributed by atoms with E-state index < -0.39 is 15.9 Å². The van der Waals surface area contributed by atoms with Gasteiger partial charge in [0.15, 0.2) is 15.6 Å². The molecule has 1 saturated heterocycles. The van der Waals surface area contributed by atoms with Crippen LogP contribution in [0.1, 0.15) is 55.6 Å². The molecule has 1 amide bonds. The summed E-state index contributed by atoms with van der Waals surface area (Å²) in [6, 6.07) is 10.7. The smallest absolute Gasteiger partial charge is 0.254 e. The van der Waals surface area contributed by atoms with Gasteiger partial charge in [-0.05, 0) is 42.0 Å². The molecule has 1 fully saturated rings. The Labute approximate surface area is 200 Å². The highest BCUT2D eigenvalue weighted by atomic mass is 35.5. The van der Waals surface area contributed by atoms with Gasteiger partial charge in [-0.3, -0.25) is 4.79 Å². The molecule has 8 heteroatoms. The third-order valence-corrected chi connectivity index (χ3v) is 7.93. The Hall–Kier alpha value is -1.76. The van der Waals surface area contributed by atoms with E-state index in [0.717, 1.165) is 5.56 Å². The second kappa shape index (κ2) is 9.62. The molecule has 0 N–H and O–H groups in total. The lowest BCUT2D eigenvalue weighted by atomic mass is 9.86. The fraction of sp³-hybridized carbons (Fsp3) is 0.458. The molecule has 2 aromatic carbocycles. The highest BCUT2D eigenvalue weighted by Crippen LogP contribution is 2.35. The van der Waals surface area contributed by atoms with Crippen molar-refractivity contribution < 1.29 is 17.9 Å². The third-order valence-electron chi connectivity index (χ3n) is 5.62. The van der Waals surface area contributed by atoms with Crippen LogP contribution < -0.4 is 4.74 Å². The number of hydrogen-bond donors (Lipinski definition) is 0. The van der Waals surface area contributed by atoms with Crippen LogP contribution in [0.5, 0.6) is 5.75 Å². The van der Waals surface area contributed by atoms with Crippen LogP contribution in [0, 0.1) is 0 Å². The van der Waals surface area contributed by atoms with Gasteiger partial charge in [0.1, 0.15) is 0 Å². The van der Waals surface area contributed by atoms with Gasteiger partial charge >= 0.3 is 0 Å². The molecule has 0 radical (unpaired) electrons. The molecule has 0 bridgehead atoms. The molecule has 0 unspecified atom stereocenters. The van der Waals surface area contributed by atoms with E-state index in [2.05, 4.69) is 20.8 Å². The first-order chi connectivity index (χ1) is 14.9. The van der Waals surface area contributed by atoms with Gasteiger partial charge < -0.3 is 9.64 Å². The molecule has 174 valence electrons. The van der Waals surface area contributed by atoms with Crippen LogP contribution in [-0.4, -0.2) is 43.4 Å². The van der Waals surface area contributed by atoms with Gasteiger partial charge in [0, 0.05) is 18.2 Å². The Morgan fingerprint density at radius 2 is 1.72 bits per heavy atom. The second-order valence-corrected chi connectivity index (χ2v) is 12.2. The summed E-state index contributed by atoms with van der Waals surface area (Å²) in [5.41, 5.74) is 2.44. The number of benzene rings is 2. The number of carbonyl (C=O) groups is 1. The Morgan fingerprint density at radius 1 is 1.12 bits per heavy atom. The zero-order valence-electron chi connectivity index (χ0n) is 18.8. The quantitative estimate of drug-likeness (QED) is 0.526. The van der Waals surface area contributed by atoms with E-state index >= 15 is 0 Å². The summed E-state index contributed by atoms with van der Waals surface area (Å²) in [5.74, 6) is 0.0611. The first kappa shape index (κ1) is 24.9. The van der Waals surface area contributed by atoms with Crippen molar-refractivity contribution >= 4 is 38.9 Å². The van der Waals surface area contributed by atoms with Crippen molar-refractivity contribution in [2.24, 2.45) is 0 Å². The van der Waals surface area contributed by atoms with Crippen molar-refractivity contribution in [2.45, 2.75) is 52.1 Å². The van der Waals surface area contributed by atoms with E-state index in [1.807, 2.05) is 31.2 Å². The number of halogens is 2. The average molecular weight is 498 g/mol. The van der Waals surface area contributed by atoms with E-state index in [1.54, 1.807) is 4.90 Å². The number of ether oxygens (including phenoxy) is 1. The maximum Gasteiger partial charge on any atom is 0.254 e. The summed E-state index contributed by atoms with van der Waals surface area (Å²) in [4.78, 5) is 15.1. The standard InChI is InChI=1S/C24H29Cl2NO4S/c1-5-31-22-20(25)12-17(13-21(22)26)23(28)27(19-10-11-32(29,30)15-19)14-16-6-8-18(9-7-16)24(2,3)4/h6-9,12-13,19H,5,10-11,14-15H2,1-4H3/t19-/m1/s1. The Kier molecular flexibility index (Phi) is 7.48. The molecule has 3 rings (SSSR count). The molecule has 1 atom stereocenters. The summed E-state index contributed by atoms with van der Waals surface area (Å²) in [6.07, 6.45) is 0.409. The monoisotopic (exact) mass is 497 g/mol. The maximum atomic E-state index is 13.5. The molecule has 1 aliphatic rings. The van der Waals surface area contributed by atoms with Crippen molar-refractivity contribution in [3.05, 3.63) is 63.1 Å². The summed E-state index contributed by atoms with van der Waals surface area (Å²) >= 11 is 12.6. The van der Waals surface area contributed by atoms with Crippen molar-refractivity contribution in [2.75, 3.05) is 18.1 Å². The minimum Gasteiger partial charge on any atom is -0.491 e. The molecule has 0 spiro atoms. The molecule has 0 saturated carbocycles. The zero-order chi connectivity index (χ0) is 23.7. The SMILES string of the molecule is CCOc1c(Cl)cc(C(=O)N(Cc2ccc(C(C)(C)C)cc2)[C@@H]2CCS(=O)(=O)C2)cc1Cl. The molecule has 0 aliphatic carbocycles. The Morgan fingerprint density at radius 3 is 2.19 bits per heavy atom. The van der Waals surface area contributed by atoms with E-state index in [0.29, 0.717) is 30.9 Å². The van der Waals surface area contributed by atoms with E-state index in [9.17, 15) is 13.2 Å². The summed E-state index contributed by atoms with van der Waals surface area (Å²) in [7, 11) is -3.17. The van der Waals surface area contributed by atoms with Crippen molar-refractivity contribution in [1.82, 2.24) is 4.90 Å². The third kappa shape index (κ3) is 5.77. The number of hydrogen-bond acceptors (Lipinski definition) is 4. The van der Waals surface area contributed by atoms with Crippen LogP contribution in [-0.2, 0) is 21.8 Å². The molecular weight excluding hydrogens is 469 g/mol. The van der Waals surface area contributed by atoms with Crippen LogP contribution in [0.2, 0.25) is 10.0 Å². The van der Waals surface area contributed by atoms with Gasteiger partial charge in [-0.2, -0.15) is 0 Å². The number of carbonyl (C=O) groups excluding carboxylic acids is 1. The molecular formula is C24H29Cl2NO4S. The maximum absolute atomic E-state index is 13.5. The predicted octanol–water partition coefficient (Wildman–Crippen LogP) is 5.52. The first-order valence-corrected chi connectivity index (χ1v) is 13.2. The van der Waals surface area contributed by atoms with Gasteiger partial charge in [-0.15, -0.1) is 0 Å². The van der Waals surface area contributed by atoms with Crippen molar-refractivity contribution in [3.8, 4) is 5.75 Å².